The number of rotatable bonds is 7. The number of hydrogen-bond acceptors (Lipinski definition) is 4. The smallest absolute Gasteiger partial charge is 0.180 e. The number of likely N-dealkylation sites (N-methyl/N-ethyl adjacent to an activating group) is 1. The quantitative estimate of drug-likeness (QED) is 0.721. The van der Waals surface area contributed by atoms with Crippen LogP contribution in [0.1, 0.15) is 30.1 Å². The highest BCUT2D eigenvalue weighted by Crippen LogP contribution is 2.22. The maximum absolute atomic E-state index is 12.6. The number of carbonyl (C=O) groups excluding carboxylic acids is 1. The molecule has 1 heterocycles. The molecule has 1 aliphatic heterocycles. The van der Waals surface area contributed by atoms with Gasteiger partial charge in [0.05, 0.1) is 18.7 Å². The lowest BCUT2D eigenvalue weighted by Crippen LogP contribution is -2.40. The molecular weight excluding hydrogens is 264 g/mol. The number of ether oxygens (including phenoxy) is 1. The second kappa shape index (κ2) is 7.57. The lowest BCUT2D eigenvalue weighted by Gasteiger charge is -2.26. The third-order valence-electron chi connectivity index (χ3n) is 3.91. The molecule has 1 saturated heterocycles. The Bertz CT molecular complexity index is 474. The molecule has 1 aliphatic rings. The summed E-state index contributed by atoms with van der Waals surface area (Å²) in [7, 11) is 4.17. The van der Waals surface area contributed by atoms with Gasteiger partial charge in [-0.3, -0.25) is 9.69 Å². The zero-order valence-electron chi connectivity index (χ0n) is 13.3. The molecule has 1 aromatic rings. The van der Waals surface area contributed by atoms with Gasteiger partial charge in [0.15, 0.2) is 5.78 Å². The summed E-state index contributed by atoms with van der Waals surface area (Å²) in [5.74, 6) is 0.859. The van der Waals surface area contributed by atoms with Crippen LogP contribution in [0.5, 0.6) is 5.75 Å². The number of benzene rings is 1. The SMILES string of the molecule is CCOc1ccccc1C(=O)CN1CCCC1CN(C)C. The summed E-state index contributed by atoms with van der Waals surface area (Å²) in [6.07, 6.45) is 2.36. The van der Waals surface area contributed by atoms with Gasteiger partial charge >= 0.3 is 0 Å². The summed E-state index contributed by atoms with van der Waals surface area (Å²) in [5.41, 5.74) is 0.704. The molecule has 0 saturated carbocycles. The van der Waals surface area contributed by atoms with E-state index in [0.717, 1.165) is 13.1 Å². The van der Waals surface area contributed by atoms with E-state index >= 15 is 0 Å². The van der Waals surface area contributed by atoms with Gasteiger partial charge in [0.1, 0.15) is 5.75 Å². The fraction of sp³-hybridized carbons (Fsp3) is 0.588. The summed E-state index contributed by atoms with van der Waals surface area (Å²) >= 11 is 0. The largest absolute Gasteiger partial charge is 0.493 e. The second-order valence-corrected chi connectivity index (χ2v) is 5.88. The maximum Gasteiger partial charge on any atom is 0.180 e. The van der Waals surface area contributed by atoms with Crippen LogP contribution in [0.3, 0.4) is 0 Å². The molecule has 1 fully saturated rings. The van der Waals surface area contributed by atoms with Gasteiger partial charge in [-0.25, -0.2) is 0 Å². The van der Waals surface area contributed by atoms with Crippen LogP contribution in [0.25, 0.3) is 0 Å². The van der Waals surface area contributed by atoms with Gasteiger partial charge in [0, 0.05) is 12.6 Å². The first kappa shape index (κ1) is 16.0. The molecular formula is C17H26N2O2. The van der Waals surface area contributed by atoms with Crippen LogP contribution in [0.4, 0.5) is 0 Å². The molecule has 0 radical (unpaired) electrons. The van der Waals surface area contributed by atoms with Crippen LogP contribution in [-0.2, 0) is 0 Å². The number of para-hydroxylation sites is 1. The van der Waals surface area contributed by atoms with Crippen molar-refractivity contribution in [3.8, 4) is 5.75 Å². The van der Waals surface area contributed by atoms with Crippen LogP contribution < -0.4 is 4.74 Å². The van der Waals surface area contributed by atoms with Crippen molar-refractivity contribution < 1.29 is 9.53 Å². The topological polar surface area (TPSA) is 32.8 Å². The zero-order valence-corrected chi connectivity index (χ0v) is 13.3. The molecule has 116 valence electrons. The van der Waals surface area contributed by atoms with Crippen LogP contribution in [0, 0.1) is 0 Å². The molecule has 0 spiro atoms. The zero-order chi connectivity index (χ0) is 15.2. The standard InChI is InChI=1S/C17H26N2O2/c1-4-21-17-10-6-5-9-15(17)16(20)13-19-11-7-8-14(19)12-18(2)3/h5-6,9-10,14H,4,7-8,11-13H2,1-3H3. The van der Waals surface area contributed by atoms with Gasteiger partial charge in [-0.2, -0.15) is 0 Å². The van der Waals surface area contributed by atoms with Crippen molar-refractivity contribution in [3.05, 3.63) is 29.8 Å². The van der Waals surface area contributed by atoms with E-state index in [1.54, 1.807) is 0 Å². The fourth-order valence-corrected chi connectivity index (χ4v) is 2.98. The third kappa shape index (κ3) is 4.29. The molecule has 21 heavy (non-hydrogen) atoms. The summed E-state index contributed by atoms with van der Waals surface area (Å²) in [5, 5.41) is 0. The van der Waals surface area contributed by atoms with Crippen LogP contribution >= 0.6 is 0 Å². The Hall–Kier alpha value is -1.39. The molecule has 0 aliphatic carbocycles. The Morgan fingerprint density at radius 3 is 2.86 bits per heavy atom. The Labute approximate surface area is 127 Å². The van der Waals surface area contributed by atoms with E-state index in [2.05, 4.69) is 23.9 Å². The molecule has 1 aromatic carbocycles. The average Bonchev–Trinajstić information content (AvgIpc) is 2.86. The second-order valence-electron chi connectivity index (χ2n) is 5.88. The van der Waals surface area contributed by atoms with E-state index in [1.807, 2.05) is 31.2 Å². The Morgan fingerprint density at radius 2 is 2.14 bits per heavy atom. The number of Topliss-reactive ketones (excluding diaryl/α,β-unsaturated/α-hetero) is 1. The van der Waals surface area contributed by atoms with E-state index in [9.17, 15) is 4.79 Å². The van der Waals surface area contributed by atoms with Crippen LogP contribution in [-0.4, -0.2) is 62.0 Å². The van der Waals surface area contributed by atoms with E-state index < -0.39 is 0 Å². The van der Waals surface area contributed by atoms with E-state index in [4.69, 9.17) is 4.74 Å². The number of hydrogen-bond donors (Lipinski definition) is 0. The van der Waals surface area contributed by atoms with Gasteiger partial charge in [-0.05, 0) is 52.5 Å². The first-order chi connectivity index (χ1) is 10.1. The Kier molecular flexibility index (Phi) is 5.76. The summed E-state index contributed by atoms with van der Waals surface area (Å²) < 4.78 is 5.57. The highest BCUT2D eigenvalue weighted by Gasteiger charge is 2.27. The summed E-state index contributed by atoms with van der Waals surface area (Å²) in [4.78, 5) is 17.1. The van der Waals surface area contributed by atoms with Crippen molar-refractivity contribution >= 4 is 5.78 Å². The van der Waals surface area contributed by atoms with Crippen molar-refractivity contribution in [1.82, 2.24) is 9.80 Å². The molecule has 1 atom stereocenters. The van der Waals surface area contributed by atoms with Crippen molar-refractivity contribution in [1.29, 1.82) is 0 Å². The number of carbonyl (C=O) groups is 1. The average molecular weight is 290 g/mol. The molecule has 0 N–H and O–H groups in total. The van der Waals surface area contributed by atoms with E-state index in [1.165, 1.54) is 12.8 Å². The van der Waals surface area contributed by atoms with Gasteiger partial charge in [-0.15, -0.1) is 0 Å². The van der Waals surface area contributed by atoms with Crippen molar-refractivity contribution in [2.24, 2.45) is 0 Å². The minimum Gasteiger partial charge on any atom is -0.493 e. The van der Waals surface area contributed by atoms with Crippen molar-refractivity contribution in [3.63, 3.8) is 0 Å². The van der Waals surface area contributed by atoms with Crippen molar-refractivity contribution in [2.45, 2.75) is 25.8 Å². The number of likely N-dealkylation sites (tertiary alicyclic amines) is 1. The third-order valence-corrected chi connectivity index (χ3v) is 3.91. The van der Waals surface area contributed by atoms with Crippen LogP contribution in [0.2, 0.25) is 0 Å². The molecule has 1 unspecified atom stereocenters. The lowest BCUT2D eigenvalue weighted by atomic mass is 10.1. The molecule has 4 heteroatoms. The molecule has 0 aromatic heterocycles. The highest BCUT2D eigenvalue weighted by molar-refractivity contribution is 6.00. The minimum absolute atomic E-state index is 0.157. The van der Waals surface area contributed by atoms with E-state index in [-0.39, 0.29) is 5.78 Å². The highest BCUT2D eigenvalue weighted by atomic mass is 16.5. The van der Waals surface area contributed by atoms with Crippen molar-refractivity contribution in [2.75, 3.05) is 40.3 Å². The van der Waals surface area contributed by atoms with Crippen LogP contribution in [0.15, 0.2) is 24.3 Å². The lowest BCUT2D eigenvalue weighted by molar-refractivity contribution is 0.0906. The molecule has 2 rings (SSSR count). The van der Waals surface area contributed by atoms with Gasteiger partial charge in [-0.1, -0.05) is 12.1 Å². The van der Waals surface area contributed by atoms with Gasteiger partial charge in [0.2, 0.25) is 0 Å². The Balaban J connectivity index is 2.04. The summed E-state index contributed by atoms with van der Waals surface area (Å²) in [6.45, 7) is 5.04. The molecule has 0 amide bonds. The van der Waals surface area contributed by atoms with Gasteiger partial charge in [0.25, 0.3) is 0 Å². The molecule has 4 nitrogen and oxygen atoms in total. The number of ketones is 1. The molecule has 0 bridgehead atoms. The van der Waals surface area contributed by atoms with Gasteiger partial charge < -0.3 is 9.64 Å². The van der Waals surface area contributed by atoms with E-state index in [0.29, 0.717) is 30.5 Å². The maximum atomic E-state index is 12.6. The predicted octanol–water partition coefficient (Wildman–Crippen LogP) is 2.29. The first-order valence-corrected chi connectivity index (χ1v) is 7.75. The minimum atomic E-state index is 0.157. The Morgan fingerprint density at radius 1 is 1.38 bits per heavy atom. The monoisotopic (exact) mass is 290 g/mol. The normalized spacial score (nSPS) is 19.1. The number of nitrogens with zero attached hydrogens (tertiary/aromatic N) is 2. The summed E-state index contributed by atoms with van der Waals surface area (Å²) in [6, 6.07) is 8.04. The predicted molar refractivity (Wildman–Crippen MR) is 85.1 cm³/mol. The first-order valence-electron chi connectivity index (χ1n) is 7.75. The fourth-order valence-electron chi connectivity index (χ4n) is 2.98.